The molecule has 0 radical (unpaired) electrons. The van der Waals surface area contributed by atoms with Gasteiger partial charge in [0.05, 0.1) is 18.8 Å². The van der Waals surface area contributed by atoms with E-state index in [0.29, 0.717) is 42.3 Å². The minimum absolute atomic E-state index is 0.0233. The van der Waals surface area contributed by atoms with Crippen LogP contribution in [0.15, 0.2) is 48.5 Å². The first kappa shape index (κ1) is 26.1. The zero-order valence-corrected chi connectivity index (χ0v) is 20.6. The van der Waals surface area contributed by atoms with Crippen molar-refractivity contribution in [3.05, 3.63) is 70.5 Å². The highest BCUT2D eigenvalue weighted by Crippen LogP contribution is 2.31. The smallest absolute Gasteiger partial charge is 0.247 e. The Morgan fingerprint density at radius 2 is 1.91 bits per heavy atom. The van der Waals surface area contributed by atoms with E-state index >= 15 is 0 Å². The molecule has 0 spiro atoms. The number of nitrogens with one attached hydrogen (secondary N) is 2. The zero-order chi connectivity index (χ0) is 24.7. The van der Waals surface area contributed by atoms with Crippen LogP contribution in [0.3, 0.4) is 0 Å². The molecular weight excluding hydrogens is 457 g/mol. The lowest BCUT2D eigenvalue weighted by molar-refractivity contribution is -0.129. The molecule has 1 aliphatic rings. The quantitative estimate of drug-likeness (QED) is 0.552. The number of hydrogen-bond donors (Lipinski definition) is 2. The lowest BCUT2D eigenvalue weighted by atomic mass is 10.0. The van der Waals surface area contributed by atoms with Crippen LogP contribution in [0.2, 0.25) is 5.02 Å². The van der Waals surface area contributed by atoms with Crippen LogP contribution in [-0.4, -0.2) is 49.1 Å². The highest BCUT2D eigenvalue weighted by atomic mass is 35.5. The Morgan fingerprint density at radius 3 is 2.56 bits per heavy atom. The Bertz CT molecular complexity index is 953. The van der Waals surface area contributed by atoms with E-state index in [1.807, 2.05) is 39.0 Å². The Hall–Kier alpha value is -2.48. The lowest BCUT2D eigenvalue weighted by Crippen LogP contribution is -2.48. The van der Waals surface area contributed by atoms with Gasteiger partial charge >= 0.3 is 0 Å². The second-order valence-corrected chi connectivity index (χ2v) is 9.49. The summed E-state index contributed by atoms with van der Waals surface area (Å²) in [6.45, 7) is 7.67. The summed E-state index contributed by atoms with van der Waals surface area (Å²) in [5.41, 5.74) is 1.02. The van der Waals surface area contributed by atoms with Crippen LogP contribution in [0, 0.1) is 11.7 Å². The molecule has 3 rings (SSSR count). The number of amides is 2. The molecule has 0 aromatic heterocycles. The van der Waals surface area contributed by atoms with Crippen molar-refractivity contribution in [1.29, 1.82) is 0 Å². The molecule has 3 atom stereocenters. The second kappa shape index (κ2) is 12.3. The van der Waals surface area contributed by atoms with E-state index in [1.54, 1.807) is 24.3 Å². The Kier molecular flexibility index (Phi) is 9.45. The minimum Gasteiger partial charge on any atom is -0.376 e. The fourth-order valence-electron chi connectivity index (χ4n) is 4.21. The van der Waals surface area contributed by atoms with Gasteiger partial charge in [-0.25, -0.2) is 4.39 Å². The van der Waals surface area contributed by atoms with Crippen LogP contribution in [-0.2, 0) is 14.3 Å². The molecule has 0 saturated carbocycles. The molecule has 2 amide bonds. The summed E-state index contributed by atoms with van der Waals surface area (Å²) in [7, 11) is 0. The van der Waals surface area contributed by atoms with Crippen LogP contribution in [0.4, 0.5) is 4.39 Å². The first-order chi connectivity index (χ1) is 16.3. The molecule has 3 unspecified atom stereocenters. The molecule has 34 heavy (non-hydrogen) atoms. The maximum absolute atomic E-state index is 14.9. The van der Waals surface area contributed by atoms with E-state index in [2.05, 4.69) is 15.5 Å². The Balaban J connectivity index is 1.82. The first-order valence-electron chi connectivity index (χ1n) is 11.7. The van der Waals surface area contributed by atoms with Crippen LogP contribution < -0.4 is 10.6 Å². The van der Waals surface area contributed by atoms with Gasteiger partial charge in [0, 0.05) is 36.6 Å². The second-order valence-electron chi connectivity index (χ2n) is 9.08. The molecule has 1 fully saturated rings. The fourth-order valence-corrected chi connectivity index (χ4v) is 4.50. The number of ether oxygens (including phenoxy) is 1. The molecule has 2 aromatic rings. The summed E-state index contributed by atoms with van der Waals surface area (Å²) in [6, 6.07) is 12.3. The van der Waals surface area contributed by atoms with Gasteiger partial charge in [-0.1, -0.05) is 61.8 Å². The summed E-state index contributed by atoms with van der Waals surface area (Å²) in [4.78, 5) is 27.9. The maximum Gasteiger partial charge on any atom is 0.247 e. The van der Waals surface area contributed by atoms with Crippen molar-refractivity contribution in [3.8, 4) is 0 Å². The number of morpholine rings is 1. The number of hydrogen-bond acceptors (Lipinski definition) is 4. The van der Waals surface area contributed by atoms with Crippen molar-refractivity contribution < 1.29 is 18.7 Å². The third kappa shape index (κ3) is 7.01. The van der Waals surface area contributed by atoms with Gasteiger partial charge in [0.2, 0.25) is 11.8 Å². The van der Waals surface area contributed by atoms with E-state index in [-0.39, 0.29) is 30.4 Å². The predicted molar refractivity (Wildman–Crippen MR) is 131 cm³/mol. The van der Waals surface area contributed by atoms with Crippen molar-refractivity contribution in [3.63, 3.8) is 0 Å². The van der Waals surface area contributed by atoms with Crippen molar-refractivity contribution in [2.75, 3.05) is 26.2 Å². The number of carbonyl (C=O) groups is 2. The Morgan fingerprint density at radius 1 is 1.18 bits per heavy atom. The first-order valence-corrected chi connectivity index (χ1v) is 12.1. The fraction of sp³-hybridized carbons (Fsp3) is 0.462. The van der Waals surface area contributed by atoms with Gasteiger partial charge in [-0.3, -0.25) is 14.5 Å². The molecule has 0 aliphatic carbocycles. The average Bonchev–Trinajstić information content (AvgIpc) is 2.79. The van der Waals surface area contributed by atoms with Gasteiger partial charge in [0.25, 0.3) is 0 Å². The molecule has 1 saturated heterocycles. The van der Waals surface area contributed by atoms with E-state index < -0.39 is 17.9 Å². The molecule has 2 aromatic carbocycles. The lowest BCUT2D eigenvalue weighted by Gasteiger charge is -2.38. The molecule has 6 nitrogen and oxygen atoms in total. The van der Waals surface area contributed by atoms with Gasteiger partial charge in [-0.15, -0.1) is 0 Å². The molecule has 184 valence electrons. The normalized spacial score (nSPS) is 18.4. The van der Waals surface area contributed by atoms with Crippen LogP contribution in [0.5, 0.6) is 0 Å². The van der Waals surface area contributed by atoms with Crippen LogP contribution in [0.25, 0.3) is 0 Å². The number of carbonyl (C=O) groups excluding carboxylic acids is 2. The topological polar surface area (TPSA) is 70.7 Å². The van der Waals surface area contributed by atoms with E-state index in [9.17, 15) is 14.0 Å². The predicted octanol–water partition coefficient (Wildman–Crippen LogP) is 4.26. The van der Waals surface area contributed by atoms with Crippen molar-refractivity contribution in [2.45, 2.75) is 45.4 Å². The molecule has 1 heterocycles. The highest BCUT2D eigenvalue weighted by Gasteiger charge is 2.31. The third-order valence-electron chi connectivity index (χ3n) is 5.81. The van der Waals surface area contributed by atoms with Gasteiger partial charge in [0.1, 0.15) is 11.9 Å². The summed E-state index contributed by atoms with van der Waals surface area (Å²) in [5, 5.41) is 6.10. The highest BCUT2D eigenvalue weighted by molar-refractivity contribution is 6.31. The number of benzene rings is 2. The summed E-state index contributed by atoms with van der Waals surface area (Å²) in [6.07, 6.45) is 0.292. The van der Waals surface area contributed by atoms with Crippen molar-refractivity contribution in [2.24, 2.45) is 5.92 Å². The summed E-state index contributed by atoms with van der Waals surface area (Å²) in [5.74, 6) is -0.817. The van der Waals surface area contributed by atoms with Crippen LogP contribution in [0.1, 0.15) is 50.4 Å². The van der Waals surface area contributed by atoms with E-state index in [1.165, 1.54) is 6.07 Å². The molecule has 1 aliphatic heterocycles. The van der Waals surface area contributed by atoms with Gasteiger partial charge in [0.15, 0.2) is 0 Å². The monoisotopic (exact) mass is 489 g/mol. The number of rotatable bonds is 9. The largest absolute Gasteiger partial charge is 0.376 e. The van der Waals surface area contributed by atoms with Gasteiger partial charge < -0.3 is 15.4 Å². The number of halogens is 2. The van der Waals surface area contributed by atoms with E-state index in [0.717, 1.165) is 0 Å². The zero-order valence-electron chi connectivity index (χ0n) is 19.9. The van der Waals surface area contributed by atoms with Gasteiger partial charge in [-0.05, 0) is 30.5 Å². The number of nitrogens with zero attached hydrogens (tertiary/aromatic N) is 1. The van der Waals surface area contributed by atoms with Crippen LogP contribution >= 0.6 is 11.6 Å². The summed E-state index contributed by atoms with van der Waals surface area (Å²) >= 11 is 6.40. The van der Waals surface area contributed by atoms with Gasteiger partial charge in [-0.2, -0.15) is 0 Å². The molecule has 0 bridgehead atoms. The standard InChI is InChI=1S/C26H33ClFN3O3/c1-17(2)14-23(32)30-25(19-8-5-4-6-9-19)26(33)29-15-22(31-12-13-34-18(3)16-31)24-20(27)10-7-11-21(24)28/h4-11,17-18,22,25H,12-16H2,1-3H3,(H,29,33)(H,30,32). The minimum atomic E-state index is -0.854. The van der Waals surface area contributed by atoms with Crippen molar-refractivity contribution >= 4 is 23.4 Å². The van der Waals surface area contributed by atoms with E-state index in [4.69, 9.17) is 16.3 Å². The third-order valence-corrected chi connectivity index (χ3v) is 6.14. The molecule has 8 heteroatoms. The molecular formula is C26H33ClFN3O3. The molecule has 2 N–H and O–H groups in total. The average molecular weight is 490 g/mol. The Labute approximate surface area is 205 Å². The maximum atomic E-state index is 14.9. The SMILES string of the molecule is CC(C)CC(=O)NC(C(=O)NCC(c1c(F)cccc1Cl)N1CCOC(C)C1)c1ccccc1. The van der Waals surface area contributed by atoms with Crippen molar-refractivity contribution in [1.82, 2.24) is 15.5 Å². The summed E-state index contributed by atoms with van der Waals surface area (Å²) < 4.78 is 20.5.